The molecule has 0 saturated carbocycles. The number of benzene rings is 1. The van der Waals surface area contributed by atoms with Crippen LogP contribution in [0.3, 0.4) is 0 Å². The lowest BCUT2D eigenvalue weighted by molar-refractivity contribution is -0.120. The van der Waals surface area contributed by atoms with Crippen LogP contribution in [-0.2, 0) is 11.8 Å². The van der Waals surface area contributed by atoms with Crippen molar-refractivity contribution in [1.82, 2.24) is 20.0 Å². The zero-order valence-corrected chi connectivity index (χ0v) is 17.9. The molecule has 9 heteroatoms. The molecular weight excluding hydrogens is 396 g/mol. The van der Waals surface area contributed by atoms with E-state index in [4.69, 9.17) is 11.6 Å². The predicted octanol–water partition coefficient (Wildman–Crippen LogP) is 2.40. The van der Waals surface area contributed by atoms with E-state index in [2.05, 4.69) is 27.7 Å². The molecule has 1 aromatic heterocycles. The van der Waals surface area contributed by atoms with Gasteiger partial charge in [0.1, 0.15) is 6.54 Å². The highest BCUT2D eigenvalue weighted by Crippen LogP contribution is 2.27. The standard InChI is InChI=1S/C19H25ClN6OS/c1-21-19(22-11-17(28-3)14-5-4-6-15(20)9-14)25-7-8-26(18(27)13-25)16-10-23-24(2)12-16/h4-6,9-10,12,17H,7-8,11,13H2,1-3H3,(H,21,22). The number of halogens is 1. The minimum atomic E-state index is 0.0402. The Bertz CT molecular complexity index is 854. The van der Waals surface area contributed by atoms with Gasteiger partial charge in [-0.15, -0.1) is 0 Å². The van der Waals surface area contributed by atoms with Crippen LogP contribution in [0.1, 0.15) is 10.8 Å². The molecule has 1 aliphatic rings. The van der Waals surface area contributed by atoms with Gasteiger partial charge in [-0.3, -0.25) is 14.5 Å². The maximum Gasteiger partial charge on any atom is 0.246 e. The monoisotopic (exact) mass is 420 g/mol. The Balaban J connectivity index is 1.60. The van der Waals surface area contributed by atoms with E-state index in [1.807, 2.05) is 36.3 Å². The number of guanidine groups is 1. The van der Waals surface area contributed by atoms with E-state index in [0.29, 0.717) is 19.6 Å². The van der Waals surface area contributed by atoms with Gasteiger partial charge in [-0.05, 0) is 24.0 Å². The maximum atomic E-state index is 12.6. The summed E-state index contributed by atoms with van der Waals surface area (Å²) < 4.78 is 1.70. The summed E-state index contributed by atoms with van der Waals surface area (Å²) in [6, 6.07) is 7.91. The van der Waals surface area contributed by atoms with Crippen LogP contribution in [0.4, 0.5) is 5.69 Å². The molecule has 0 aliphatic carbocycles. The molecule has 0 radical (unpaired) electrons. The second kappa shape index (κ2) is 9.34. The molecule has 1 saturated heterocycles. The van der Waals surface area contributed by atoms with E-state index in [9.17, 15) is 4.79 Å². The van der Waals surface area contributed by atoms with E-state index in [1.165, 1.54) is 5.56 Å². The van der Waals surface area contributed by atoms with E-state index in [-0.39, 0.29) is 17.7 Å². The topological polar surface area (TPSA) is 65.8 Å². The third kappa shape index (κ3) is 4.80. The van der Waals surface area contributed by atoms with Crippen molar-refractivity contribution in [2.75, 3.05) is 44.4 Å². The second-order valence-corrected chi connectivity index (χ2v) is 8.02. The van der Waals surface area contributed by atoms with Crippen LogP contribution in [0.25, 0.3) is 0 Å². The van der Waals surface area contributed by atoms with Gasteiger partial charge in [0, 0.05) is 50.2 Å². The van der Waals surface area contributed by atoms with E-state index in [0.717, 1.165) is 16.7 Å². The Kier molecular flexibility index (Phi) is 6.85. The Morgan fingerprint density at radius 3 is 2.86 bits per heavy atom. The van der Waals surface area contributed by atoms with Gasteiger partial charge >= 0.3 is 0 Å². The summed E-state index contributed by atoms with van der Waals surface area (Å²) in [7, 11) is 3.59. The Labute approximate surface area is 174 Å². The molecule has 1 atom stereocenters. The van der Waals surface area contributed by atoms with Gasteiger partial charge in [-0.1, -0.05) is 23.7 Å². The fourth-order valence-corrected chi connectivity index (χ4v) is 4.10. The molecule has 2 heterocycles. The van der Waals surface area contributed by atoms with Crippen molar-refractivity contribution >= 4 is 40.9 Å². The zero-order chi connectivity index (χ0) is 20.1. The van der Waals surface area contributed by atoms with Gasteiger partial charge < -0.3 is 15.1 Å². The summed E-state index contributed by atoms with van der Waals surface area (Å²) in [5.74, 6) is 0.777. The number of aryl methyl sites for hydroxylation is 1. The quantitative estimate of drug-likeness (QED) is 0.594. The molecule has 3 rings (SSSR count). The Morgan fingerprint density at radius 1 is 1.43 bits per heavy atom. The highest BCUT2D eigenvalue weighted by Gasteiger charge is 2.28. The van der Waals surface area contributed by atoms with Crippen molar-refractivity contribution in [3.05, 3.63) is 47.2 Å². The number of piperazine rings is 1. The fraction of sp³-hybridized carbons (Fsp3) is 0.421. The van der Waals surface area contributed by atoms with Crippen molar-refractivity contribution in [2.45, 2.75) is 5.25 Å². The summed E-state index contributed by atoms with van der Waals surface area (Å²) in [6.07, 6.45) is 5.65. The molecule has 28 heavy (non-hydrogen) atoms. The van der Waals surface area contributed by atoms with Crippen LogP contribution in [0.15, 0.2) is 41.7 Å². The highest BCUT2D eigenvalue weighted by molar-refractivity contribution is 7.98. The average Bonchev–Trinajstić information content (AvgIpc) is 3.11. The van der Waals surface area contributed by atoms with Crippen LogP contribution in [0.2, 0.25) is 5.02 Å². The van der Waals surface area contributed by atoms with Gasteiger partial charge in [-0.25, -0.2) is 0 Å². The van der Waals surface area contributed by atoms with Crippen LogP contribution in [0.5, 0.6) is 0 Å². The first-order valence-corrected chi connectivity index (χ1v) is 10.7. The molecule has 1 unspecified atom stereocenters. The van der Waals surface area contributed by atoms with Gasteiger partial charge in [0.2, 0.25) is 5.91 Å². The number of aromatic nitrogens is 2. The normalized spacial score (nSPS) is 16.4. The number of hydrogen-bond donors (Lipinski definition) is 1. The van der Waals surface area contributed by atoms with Crippen molar-refractivity contribution < 1.29 is 4.79 Å². The molecule has 7 nitrogen and oxygen atoms in total. The fourth-order valence-electron chi connectivity index (χ4n) is 3.24. The molecule has 1 aliphatic heterocycles. The van der Waals surface area contributed by atoms with Gasteiger partial charge in [-0.2, -0.15) is 16.9 Å². The van der Waals surface area contributed by atoms with Gasteiger partial charge in [0.25, 0.3) is 0 Å². The Morgan fingerprint density at radius 2 is 2.25 bits per heavy atom. The third-order valence-corrected chi connectivity index (χ3v) is 5.93. The van der Waals surface area contributed by atoms with Gasteiger partial charge in [0.15, 0.2) is 5.96 Å². The average molecular weight is 421 g/mol. The molecule has 1 aromatic carbocycles. The number of carbonyl (C=O) groups is 1. The molecule has 0 bridgehead atoms. The lowest BCUT2D eigenvalue weighted by atomic mass is 10.1. The molecule has 2 aromatic rings. The minimum Gasteiger partial charge on any atom is -0.355 e. The van der Waals surface area contributed by atoms with Crippen LogP contribution in [0, 0.1) is 0 Å². The molecule has 0 spiro atoms. The first kappa shape index (κ1) is 20.5. The Hall–Kier alpha value is -2.19. The summed E-state index contributed by atoms with van der Waals surface area (Å²) in [6.45, 7) is 2.30. The smallest absolute Gasteiger partial charge is 0.246 e. The molecular formula is C19H25ClN6OS. The first-order chi connectivity index (χ1) is 13.5. The maximum absolute atomic E-state index is 12.6. The number of aliphatic imine (C=N–C) groups is 1. The lowest BCUT2D eigenvalue weighted by Crippen LogP contribution is -2.55. The predicted molar refractivity (Wildman–Crippen MR) is 116 cm³/mol. The van der Waals surface area contributed by atoms with Crippen LogP contribution >= 0.6 is 23.4 Å². The number of carbonyl (C=O) groups excluding carboxylic acids is 1. The van der Waals surface area contributed by atoms with Crippen molar-refractivity contribution in [1.29, 1.82) is 0 Å². The summed E-state index contributed by atoms with van der Waals surface area (Å²) in [5, 5.41) is 8.54. The number of nitrogens with one attached hydrogen (secondary N) is 1. The van der Waals surface area contributed by atoms with Crippen LogP contribution < -0.4 is 10.2 Å². The molecule has 1 N–H and O–H groups in total. The number of amides is 1. The number of hydrogen-bond acceptors (Lipinski definition) is 4. The van der Waals surface area contributed by atoms with Crippen molar-refractivity contribution in [2.24, 2.45) is 12.0 Å². The molecule has 1 fully saturated rings. The van der Waals surface area contributed by atoms with Crippen LogP contribution in [-0.4, -0.2) is 66.0 Å². The first-order valence-electron chi connectivity index (χ1n) is 9.04. The van der Waals surface area contributed by atoms with Crippen molar-refractivity contribution in [3.8, 4) is 0 Å². The number of thioether (sulfide) groups is 1. The number of nitrogens with zero attached hydrogens (tertiary/aromatic N) is 5. The number of rotatable bonds is 5. The minimum absolute atomic E-state index is 0.0402. The van der Waals surface area contributed by atoms with Crippen molar-refractivity contribution in [3.63, 3.8) is 0 Å². The van der Waals surface area contributed by atoms with E-state index in [1.54, 1.807) is 34.6 Å². The summed E-state index contributed by atoms with van der Waals surface area (Å²) in [5.41, 5.74) is 2.00. The third-order valence-electron chi connectivity index (χ3n) is 4.69. The van der Waals surface area contributed by atoms with Gasteiger partial charge in [0.05, 0.1) is 11.9 Å². The molecule has 1 amide bonds. The molecule has 150 valence electrons. The zero-order valence-electron chi connectivity index (χ0n) is 16.3. The lowest BCUT2D eigenvalue weighted by Gasteiger charge is -2.35. The second-order valence-electron chi connectivity index (χ2n) is 6.55. The summed E-state index contributed by atoms with van der Waals surface area (Å²) in [4.78, 5) is 20.8. The largest absolute Gasteiger partial charge is 0.355 e. The highest BCUT2D eigenvalue weighted by atomic mass is 35.5. The number of anilines is 1. The SMILES string of the molecule is CN=C(NCC(SC)c1cccc(Cl)c1)N1CCN(c2cnn(C)c2)C(=O)C1. The van der Waals surface area contributed by atoms with E-state index >= 15 is 0 Å². The van der Waals surface area contributed by atoms with E-state index < -0.39 is 0 Å². The summed E-state index contributed by atoms with van der Waals surface area (Å²) >= 11 is 7.88.